The van der Waals surface area contributed by atoms with Crippen LogP contribution >= 0.6 is 0 Å². The van der Waals surface area contributed by atoms with Gasteiger partial charge in [0.05, 0.1) is 12.8 Å². The van der Waals surface area contributed by atoms with Crippen LogP contribution in [0.15, 0.2) is 53.3 Å². The van der Waals surface area contributed by atoms with Crippen molar-refractivity contribution in [2.75, 3.05) is 37.5 Å². The molecule has 4 aromatic rings. The molecule has 0 spiro atoms. The minimum absolute atomic E-state index is 0.0778. The first-order chi connectivity index (χ1) is 17.0. The summed E-state index contributed by atoms with van der Waals surface area (Å²) in [7, 11) is 3.53. The lowest BCUT2D eigenvalue weighted by Gasteiger charge is -2.28. The molecule has 1 atom stereocenters. The number of aromatic amines is 1. The molecule has 0 unspecified atom stereocenters. The van der Waals surface area contributed by atoms with Crippen molar-refractivity contribution in [3.05, 3.63) is 75.7 Å². The minimum atomic E-state index is -0.121. The monoisotopic (exact) mass is 471 g/mol. The van der Waals surface area contributed by atoms with Gasteiger partial charge in [-0.2, -0.15) is 9.61 Å². The number of rotatable bonds is 6. The number of ether oxygens (including phenoxy) is 1. The highest BCUT2D eigenvalue weighted by Gasteiger charge is 2.26. The zero-order valence-corrected chi connectivity index (χ0v) is 20.9. The predicted molar refractivity (Wildman–Crippen MR) is 142 cm³/mol. The van der Waals surface area contributed by atoms with Crippen LogP contribution in [0.5, 0.6) is 5.75 Å². The first-order valence-corrected chi connectivity index (χ1v) is 12.3. The highest BCUT2D eigenvalue weighted by atomic mass is 16.5. The molecule has 0 bridgehead atoms. The van der Waals surface area contributed by atoms with Gasteiger partial charge in [-0.3, -0.25) is 4.79 Å². The van der Waals surface area contributed by atoms with Gasteiger partial charge >= 0.3 is 0 Å². The van der Waals surface area contributed by atoms with Crippen LogP contribution in [0.3, 0.4) is 0 Å². The number of nitrogens with one attached hydrogen (secondary N) is 2. The SMILES string of the molecule is CNc1cc([C@H](C)c2c(C)[nH]c3c(N4CCCCC4)c(-c4ccccc4)nn3c2=O)ccc1OC. The first-order valence-electron chi connectivity index (χ1n) is 12.3. The maximum Gasteiger partial charge on any atom is 0.278 e. The van der Waals surface area contributed by atoms with Crippen molar-refractivity contribution < 1.29 is 4.74 Å². The molecule has 1 fully saturated rings. The Kier molecular flexibility index (Phi) is 6.24. The van der Waals surface area contributed by atoms with Crippen molar-refractivity contribution in [3.63, 3.8) is 0 Å². The third kappa shape index (κ3) is 4.05. The van der Waals surface area contributed by atoms with E-state index < -0.39 is 0 Å². The smallest absolute Gasteiger partial charge is 0.278 e. The number of aryl methyl sites for hydroxylation is 1. The number of benzene rings is 2. The standard InChI is InChI=1S/C28H33N5O2/c1-18(21-13-14-23(35-4)22(17-21)29-3)24-19(2)30-27-26(32-15-9-6-10-16-32)25(31-33(27)28(24)34)20-11-7-5-8-12-20/h5,7-8,11-14,17-18,29-30H,6,9-10,15-16H2,1-4H3/t18-/m0/s1. The van der Waals surface area contributed by atoms with Crippen molar-refractivity contribution in [3.8, 4) is 17.0 Å². The number of nitrogens with zero attached hydrogens (tertiary/aromatic N) is 3. The minimum Gasteiger partial charge on any atom is -0.495 e. The van der Waals surface area contributed by atoms with Crippen molar-refractivity contribution in [2.45, 2.75) is 39.0 Å². The normalized spacial score (nSPS) is 14.8. The van der Waals surface area contributed by atoms with Crippen LogP contribution in [-0.2, 0) is 0 Å². The fraction of sp³-hybridized carbons (Fsp3) is 0.357. The maximum atomic E-state index is 13.9. The van der Waals surface area contributed by atoms with E-state index in [4.69, 9.17) is 9.84 Å². The first kappa shape index (κ1) is 23.0. The van der Waals surface area contributed by atoms with Gasteiger partial charge in [0, 0.05) is 42.9 Å². The van der Waals surface area contributed by atoms with Gasteiger partial charge < -0.3 is 19.9 Å². The molecule has 35 heavy (non-hydrogen) atoms. The topological polar surface area (TPSA) is 74.7 Å². The summed E-state index contributed by atoms with van der Waals surface area (Å²) in [5, 5.41) is 8.08. The predicted octanol–water partition coefficient (Wildman–Crippen LogP) is 5.19. The Labute approximate surface area is 205 Å². The van der Waals surface area contributed by atoms with Crippen molar-refractivity contribution in [1.82, 2.24) is 14.6 Å². The number of piperidine rings is 1. The average Bonchev–Trinajstić information content (AvgIpc) is 3.28. The Morgan fingerprint density at radius 2 is 1.83 bits per heavy atom. The van der Waals surface area contributed by atoms with E-state index in [2.05, 4.69) is 34.3 Å². The zero-order chi connectivity index (χ0) is 24.5. The summed E-state index contributed by atoms with van der Waals surface area (Å²) in [5.74, 6) is 0.652. The molecule has 2 aromatic heterocycles. The van der Waals surface area contributed by atoms with Crippen LogP contribution in [0.4, 0.5) is 11.4 Å². The molecule has 1 saturated heterocycles. The third-order valence-corrected chi connectivity index (χ3v) is 7.14. The van der Waals surface area contributed by atoms with Gasteiger partial charge in [-0.25, -0.2) is 0 Å². The van der Waals surface area contributed by atoms with E-state index >= 15 is 0 Å². The quantitative estimate of drug-likeness (QED) is 0.405. The van der Waals surface area contributed by atoms with Crippen LogP contribution in [0.25, 0.3) is 16.9 Å². The Bertz CT molecular complexity index is 1400. The van der Waals surface area contributed by atoms with E-state index in [-0.39, 0.29) is 11.5 Å². The number of fused-ring (bicyclic) bond motifs is 1. The third-order valence-electron chi connectivity index (χ3n) is 7.14. The van der Waals surface area contributed by atoms with Crippen LogP contribution in [0.2, 0.25) is 0 Å². The number of H-pyrrole nitrogens is 1. The van der Waals surface area contributed by atoms with E-state index in [1.165, 1.54) is 6.42 Å². The van der Waals surface area contributed by atoms with Crippen molar-refractivity contribution in [2.24, 2.45) is 0 Å². The summed E-state index contributed by atoms with van der Waals surface area (Å²) in [4.78, 5) is 19.9. The van der Waals surface area contributed by atoms with E-state index in [0.29, 0.717) is 0 Å². The highest BCUT2D eigenvalue weighted by Crippen LogP contribution is 2.36. The largest absolute Gasteiger partial charge is 0.495 e. The summed E-state index contributed by atoms with van der Waals surface area (Å²) in [6.07, 6.45) is 3.54. The number of hydrogen-bond donors (Lipinski definition) is 2. The lowest BCUT2D eigenvalue weighted by molar-refractivity contribution is 0.416. The number of aromatic nitrogens is 3. The van der Waals surface area contributed by atoms with E-state index in [0.717, 1.165) is 76.8 Å². The molecule has 7 heteroatoms. The van der Waals surface area contributed by atoms with Crippen molar-refractivity contribution >= 4 is 17.0 Å². The van der Waals surface area contributed by atoms with Crippen LogP contribution in [0.1, 0.15) is 48.9 Å². The molecule has 2 N–H and O–H groups in total. The summed E-state index contributed by atoms with van der Waals surface area (Å²) in [6, 6.07) is 16.2. The summed E-state index contributed by atoms with van der Waals surface area (Å²) in [5.41, 5.74) is 7.11. The Morgan fingerprint density at radius 1 is 1.09 bits per heavy atom. The second kappa shape index (κ2) is 9.49. The zero-order valence-electron chi connectivity index (χ0n) is 20.9. The molecular formula is C28H33N5O2. The van der Waals surface area contributed by atoms with Crippen LogP contribution in [-0.4, -0.2) is 41.8 Å². The van der Waals surface area contributed by atoms with Gasteiger partial charge in [0.15, 0.2) is 5.65 Å². The molecule has 5 rings (SSSR count). The maximum absolute atomic E-state index is 13.9. The lowest BCUT2D eigenvalue weighted by Crippen LogP contribution is -2.30. The fourth-order valence-corrected chi connectivity index (χ4v) is 5.26. The molecule has 182 valence electrons. The Morgan fingerprint density at radius 3 is 2.51 bits per heavy atom. The average molecular weight is 472 g/mol. The molecule has 1 aliphatic heterocycles. The second-order valence-corrected chi connectivity index (χ2v) is 9.27. The Balaban J connectivity index is 1.69. The van der Waals surface area contributed by atoms with E-state index in [1.54, 1.807) is 11.6 Å². The van der Waals surface area contributed by atoms with Gasteiger partial charge in [-0.15, -0.1) is 0 Å². The molecule has 0 aliphatic carbocycles. The van der Waals surface area contributed by atoms with Crippen LogP contribution in [0, 0.1) is 6.92 Å². The molecule has 0 saturated carbocycles. The molecule has 0 radical (unpaired) electrons. The summed E-state index contributed by atoms with van der Waals surface area (Å²) >= 11 is 0. The van der Waals surface area contributed by atoms with Gasteiger partial charge in [0.1, 0.15) is 17.1 Å². The van der Waals surface area contributed by atoms with Gasteiger partial charge in [0.25, 0.3) is 5.56 Å². The summed E-state index contributed by atoms with van der Waals surface area (Å²) < 4.78 is 7.03. The number of hydrogen-bond acceptors (Lipinski definition) is 5. The molecule has 2 aromatic carbocycles. The molecule has 1 aliphatic rings. The lowest BCUT2D eigenvalue weighted by atomic mass is 9.92. The molecular weight excluding hydrogens is 438 g/mol. The second-order valence-electron chi connectivity index (χ2n) is 9.27. The fourth-order valence-electron chi connectivity index (χ4n) is 5.26. The number of methoxy groups -OCH3 is 1. The summed E-state index contributed by atoms with van der Waals surface area (Å²) in [6.45, 7) is 6.00. The molecule has 3 heterocycles. The van der Waals surface area contributed by atoms with Crippen molar-refractivity contribution in [1.29, 1.82) is 0 Å². The number of anilines is 2. The Hall–Kier alpha value is -3.74. The van der Waals surface area contributed by atoms with Gasteiger partial charge in [0.2, 0.25) is 0 Å². The van der Waals surface area contributed by atoms with Gasteiger partial charge in [-0.1, -0.05) is 43.3 Å². The molecule has 0 amide bonds. The van der Waals surface area contributed by atoms with Gasteiger partial charge in [-0.05, 0) is 43.9 Å². The highest BCUT2D eigenvalue weighted by molar-refractivity contribution is 5.86. The van der Waals surface area contributed by atoms with E-state index in [1.807, 2.05) is 50.4 Å². The van der Waals surface area contributed by atoms with E-state index in [9.17, 15) is 4.79 Å². The molecule has 7 nitrogen and oxygen atoms in total. The van der Waals surface area contributed by atoms with Crippen LogP contribution < -0.4 is 20.5 Å².